The molecule has 3 rings (SSSR count). The summed E-state index contributed by atoms with van der Waals surface area (Å²) in [4.78, 5) is 12.6. The van der Waals surface area contributed by atoms with Crippen molar-refractivity contribution in [2.24, 2.45) is 0 Å². The van der Waals surface area contributed by atoms with Gasteiger partial charge in [0, 0.05) is 16.1 Å². The van der Waals surface area contributed by atoms with Gasteiger partial charge in [0.05, 0.1) is 15.7 Å². The van der Waals surface area contributed by atoms with E-state index in [0.717, 1.165) is 5.56 Å². The average molecular weight is 458 g/mol. The fraction of sp³-hybridized carbons (Fsp3) is 0.0435. The predicted octanol–water partition coefficient (Wildman–Crippen LogP) is 6.77. The maximum atomic E-state index is 12.6. The molecule has 0 aliphatic heterocycles. The number of rotatable bonds is 6. The molecule has 0 radical (unpaired) electrons. The van der Waals surface area contributed by atoms with E-state index in [9.17, 15) is 10.1 Å². The van der Waals surface area contributed by atoms with Crippen molar-refractivity contribution in [1.29, 1.82) is 5.26 Å². The number of carbonyl (C=O) groups excluding carboxylic acids is 1. The van der Waals surface area contributed by atoms with Crippen LogP contribution in [0, 0.1) is 11.3 Å². The second-order valence-electron chi connectivity index (χ2n) is 6.14. The third-order valence-electron chi connectivity index (χ3n) is 4.12. The van der Waals surface area contributed by atoms with Gasteiger partial charge in [-0.1, -0.05) is 77.3 Å². The van der Waals surface area contributed by atoms with Gasteiger partial charge in [0.15, 0.2) is 0 Å². The van der Waals surface area contributed by atoms with Crippen molar-refractivity contribution in [3.8, 4) is 11.8 Å². The van der Waals surface area contributed by atoms with Crippen LogP contribution in [-0.2, 0) is 11.4 Å². The third-order valence-corrected chi connectivity index (χ3v) is 5.31. The van der Waals surface area contributed by atoms with E-state index in [1.165, 1.54) is 6.08 Å². The average Bonchev–Trinajstić information content (AvgIpc) is 2.75. The molecule has 7 heteroatoms. The number of ether oxygens (including phenoxy) is 1. The van der Waals surface area contributed by atoms with Crippen molar-refractivity contribution in [3.63, 3.8) is 0 Å². The van der Waals surface area contributed by atoms with Crippen molar-refractivity contribution >= 4 is 52.5 Å². The van der Waals surface area contributed by atoms with E-state index in [2.05, 4.69) is 5.32 Å². The normalized spacial score (nSPS) is 10.9. The van der Waals surface area contributed by atoms with E-state index in [1.807, 2.05) is 24.3 Å². The highest BCUT2D eigenvalue weighted by Gasteiger charge is 2.14. The lowest BCUT2D eigenvalue weighted by Gasteiger charge is -2.11. The van der Waals surface area contributed by atoms with Gasteiger partial charge in [-0.25, -0.2) is 0 Å². The summed E-state index contributed by atoms with van der Waals surface area (Å²) in [5.74, 6) is -0.0960. The lowest BCUT2D eigenvalue weighted by atomic mass is 10.1. The number of amides is 1. The number of hydrogen-bond donors (Lipinski definition) is 1. The molecule has 0 saturated heterocycles. The van der Waals surface area contributed by atoms with E-state index < -0.39 is 5.91 Å². The summed E-state index contributed by atoms with van der Waals surface area (Å²) in [5, 5.41) is 13.2. The van der Waals surface area contributed by atoms with Crippen LogP contribution in [0.3, 0.4) is 0 Å². The topological polar surface area (TPSA) is 62.1 Å². The maximum absolute atomic E-state index is 12.6. The summed E-state index contributed by atoms with van der Waals surface area (Å²) in [6.07, 6.45) is 1.45. The number of carbonyl (C=O) groups is 1. The van der Waals surface area contributed by atoms with E-state index in [4.69, 9.17) is 39.5 Å². The molecule has 3 aromatic carbocycles. The highest BCUT2D eigenvalue weighted by molar-refractivity contribution is 6.44. The number of para-hydroxylation sites is 1. The SMILES string of the molecule is N#C/C(=C/c1ccccc1OCc1ccccc1Cl)C(=O)Nc1cccc(Cl)c1Cl. The summed E-state index contributed by atoms with van der Waals surface area (Å²) in [7, 11) is 0. The highest BCUT2D eigenvalue weighted by Crippen LogP contribution is 2.30. The van der Waals surface area contributed by atoms with Crippen molar-refractivity contribution in [2.75, 3.05) is 5.32 Å². The van der Waals surface area contributed by atoms with Crippen LogP contribution in [-0.4, -0.2) is 5.91 Å². The summed E-state index contributed by atoms with van der Waals surface area (Å²) >= 11 is 18.2. The zero-order chi connectivity index (χ0) is 21.5. The molecule has 0 spiro atoms. The molecule has 1 amide bonds. The summed E-state index contributed by atoms with van der Waals surface area (Å²) in [5.41, 5.74) is 1.61. The molecular formula is C23H15Cl3N2O2. The highest BCUT2D eigenvalue weighted by atomic mass is 35.5. The van der Waals surface area contributed by atoms with Gasteiger partial charge in [0.1, 0.15) is 24.0 Å². The largest absolute Gasteiger partial charge is 0.488 e. The van der Waals surface area contributed by atoms with E-state index in [1.54, 1.807) is 48.5 Å². The summed E-state index contributed by atoms with van der Waals surface area (Å²) < 4.78 is 5.87. The van der Waals surface area contributed by atoms with Crippen LogP contribution in [0.5, 0.6) is 5.75 Å². The predicted molar refractivity (Wildman–Crippen MR) is 121 cm³/mol. The van der Waals surface area contributed by atoms with Gasteiger partial charge in [-0.2, -0.15) is 5.26 Å². The van der Waals surface area contributed by atoms with E-state index in [-0.39, 0.29) is 17.2 Å². The van der Waals surface area contributed by atoms with Crippen LogP contribution in [0.4, 0.5) is 5.69 Å². The number of benzene rings is 3. The lowest BCUT2D eigenvalue weighted by molar-refractivity contribution is -0.112. The van der Waals surface area contributed by atoms with Crippen molar-refractivity contribution in [3.05, 3.63) is 98.5 Å². The zero-order valence-corrected chi connectivity index (χ0v) is 17.8. The quantitative estimate of drug-likeness (QED) is 0.328. The fourth-order valence-corrected chi connectivity index (χ4v) is 3.13. The summed E-state index contributed by atoms with van der Waals surface area (Å²) in [6.45, 7) is 0.247. The summed E-state index contributed by atoms with van der Waals surface area (Å²) in [6, 6.07) is 21.2. The first-order valence-electron chi connectivity index (χ1n) is 8.82. The second kappa shape index (κ2) is 10.2. The molecule has 0 atom stereocenters. The molecule has 4 nitrogen and oxygen atoms in total. The molecule has 0 aliphatic carbocycles. The number of nitrogens with zero attached hydrogens (tertiary/aromatic N) is 1. The van der Waals surface area contributed by atoms with Gasteiger partial charge < -0.3 is 10.1 Å². The standard InChI is InChI=1S/C23H15Cl3N2O2/c24-18-8-3-1-7-16(18)14-30-21-11-4-2-6-15(21)12-17(13-27)23(29)28-20-10-5-9-19(25)22(20)26/h1-12H,14H2,(H,28,29)/b17-12-. The second-order valence-corrected chi connectivity index (χ2v) is 7.34. The fourth-order valence-electron chi connectivity index (χ4n) is 2.60. The monoisotopic (exact) mass is 456 g/mol. The minimum atomic E-state index is -0.609. The number of nitrogens with one attached hydrogen (secondary N) is 1. The first kappa shape index (κ1) is 21.7. The third kappa shape index (κ3) is 5.34. The number of nitriles is 1. The Morgan fingerprint density at radius 1 is 0.967 bits per heavy atom. The Hall–Kier alpha value is -2.97. The van der Waals surface area contributed by atoms with Crippen molar-refractivity contribution in [1.82, 2.24) is 0 Å². The Balaban J connectivity index is 1.82. The van der Waals surface area contributed by atoms with Crippen molar-refractivity contribution in [2.45, 2.75) is 6.61 Å². The molecule has 0 bridgehead atoms. The van der Waals surface area contributed by atoms with E-state index >= 15 is 0 Å². The van der Waals surface area contributed by atoms with Crippen LogP contribution in [0.2, 0.25) is 15.1 Å². The molecule has 0 fully saturated rings. The lowest BCUT2D eigenvalue weighted by Crippen LogP contribution is -2.13. The minimum absolute atomic E-state index is 0.111. The van der Waals surface area contributed by atoms with Crippen LogP contribution < -0.4 is 10.1 Å². The molecule has 1 N–H and O–H groups in total. The zero-order valence-electron chi connectivity index (χ0n) is 15.5. The molecule has 0 aromatic heterocycles. The van der Waals surface area contributed by atoms with Gasteiger partial charge >= 0.3 is 0 Å². The first-order chi connectivity index (χ1) is 14.5. The number of anilines is 1. The molecular weight excluding hydrogens is 443 g/mol. The van der Waals surface area contributed by atoms with Gasteiger partial charge in [0.25, 0.3) is 5.91 Å². The van der Waals surface area contributed by atoms with Crippen molar-refractivity contribution < 1.29 is 9.53 Å². The maximum Gasteiger partial charge on any atom is 0.266 e. The smallest absolute Gasteiger partial charge is 0.266 e. The molecule has 150 valence electrons. The minimum Gasteiger partial charge on any atom is -0.488 e. The van der Waals surface area contributed by atoms with Crippen LogP contribution in [0.1, 0.15) is 11.1 Å². The Morgan fingerprint density at radius 3 is 2.43 bits per heavy atom. The molecule has 0 heterocycles. The van der Waals surface area contributed by atoms with Crippen LogP contribution >= 0.6 is 34.8 Å². The van der Waals surface area contributed by atoms with Crippen LogP contribution in [0.25, 0.3) is 6.08 Å². The van der Waals surface area contributed by atoms with Gasteiger partial charge in [-0.15, -0.1) is 0 Å². The Labute approximate surface area is 189 Å². The van der Waals surface area contributed by atoms with Crippen LogP contribution in [0.15, 0.2) is 72.3 Å². The van der Waals surface area contributed by atoms with Gasteiger partial charge in [-0.05, 0) is 30.3 Å². The Morgan fingerprint density at radius 2 is 1.67 bits per heavy atom. The molecule has 0 aliphatic rings. The first-order valence-corrected chi connectivity index (χ1v) is 9.95. The number of halogens is 3. The molecule has 3 aromatic rings. The Kier molecular flexibility index (Phi) is 7.37. The Bertz CT molecular complexity index is 1150. The van der Waals surface area contributed by atoms with Gasteiger partial charge in [0.2, 0.25) is 0 Å². The van der Waals surface area contributed by atoms with Gasteiger partial charge in [-0.3, -0.25) is 4.79 Å². The van der Waals surface area contributed by atoms with E-state index in [0.29, 0.717) is 27.0 Å². The molecule has 0 unspecified atom stereocenters. The molecule has 0 saturated carbocycles. The number of hydrogen-bond acceptors (Lipinski definition) is 3. The molecule has 30 heavy (non-hydrogen) atoms.